The fraction of sp³-hybridized carbons (Fsp3) is 0.647. The summed E-state index contributed by atoms with van der Waals surface area (Å²) in [6, 6.07) is 2.33. The summed E-state index contributed by atoms with van der Waals surface area (Å²) in [6.07, 6.45) is 8.41. The Morgan fingerprint density at radius 1 is 1.43 bits per heavy atom. The maximum atomic E-state index is 12.1. The van der Waals surface area contributed by atoms with E-state index in [4.69, 9.17) is 4.74 Å². The van der Waals surface area contributed by atoms with Gasteiger partial charge in [-0.1, -0.05) is 0 Å². The molecule has 6 heteroatoms. The van der Waals surface area contributed by atoms with Gasteiger partial charge in [-0.05, 0) is 50.3 Å². The van der Waals surface area contributed by atoms with Crippen molar-refractivity contribution < 1.29 is 9.53 Å². The Hall–Kier alpha value is -1.45. The molecular formula is C17H23N3O2S. The van der Waals surface area contributed by atoms with E-state index >= 15 is 0 Å². The van der Waals surface area contributed by atoms with Crippen LogP contribution in [0.5, 0.6) is 0 Å². The maximum Gasteiger partial charge on any atom is 0.235 e. The van der Waals surface area contributed by atoms with Crippen LogP contribution in [0.3, 0.4) is 0 Å². The van der Waals surface area contributed by atoms with Crippen LogP contribution in [0.2, 0.25) is 0 Å². The number of hydrogen-bond acceptors (Lipinski definition) is 4. The lowest BCUT2D eigenvalue weighted by Crippen LogP contribution is -2.22. The maximum absolute atomic E-state index is 12.1. The number of carbonyl (C=O) groups excluding carboxylic acids is 1. The van der Waals surface area contributed by atoms with Crippen molar-refractivity contribution in [2.24, 2.45) is 0 Å². The van der Waals surface area contributed by atoms with Gasteiger partial charge in [0.15, 0.2) is 0 Å². The Labute approximate surface area is 141 Å². The van der Waals surface area contributed by atoms with Crippen LogP contribution in [-0.4, -0.2) is 35.2 Å². The second-order valence-electron chi connectivity index (χ2n) is 6.19. The minimum Gasteiger partial charge on any atom is -0.376 e. The summed E-state index contributed by atoms with van der Waals surface area (Å²) in [5.41, 5.74) is 3.02. The molecule has 0 aromatic carbocycles. The number of fused-ring (bicyclic) bond motifs is 1. The summed E-state index contributed by atoms with van der Waals surface area (Å²) >= 11 is 1.49. The van der Waals surface area contributed by atoms with E-state index in [0.29, 0.717) is 17.1 Å². The molecule has 124 valence electrons. The molecule has 1 aliphatic heterocycles. The lowest BCUT2D eigenvalue weighted by molar-refractivity contribution is -0.113. The SMILES string of the molecule is CSCC(=O)Nc1c(C#N)c2c(n1CC1CCCO1)CCCC2. The van der Waals surface area contributed by atoms with E-state index in [2.05, 4.69) is 16.0 Å². The van der Waals surface area contributed by atoms with Gasteiger partial charge in [0.2, 0.25) is 5.91 Å². The molecule has 1 unspecified atom stereocenters. The first-order chi connectivity index (χ1) is 11.2. The van der Waals surface area contributed by atoms with Crippen molar-refractivity contribution in [1.82, 2.24) is 4.57 Å². The van der Waals surface area contributed by atoms with Gasteiger partial charge in [0, 0.05) is 12.3 Å². The Bertz CT molecular complexity index is 627. The number of hydrogen-bond donors (Lipinski definition) is 1. The fourth-order valence-electron chi connectivity index (χ4n) is 3.61. The van der Waals surface area contributed by atoms with E-state index in [1.807, 2.05) is 6.26 Å². The zero-order valence-corrected chi connectivity index (χ0v) is 14.4. The number of anilines is 1. The van der Waals surface area contributed by atoms with Gasteiger partial charge in [-0.2, -0.15) is 17.0 Å². The number of rotatable bonds is 5. The molecule has 2 heterocycles. The number of nitriles is 1. The average molecular weight is 333 g/mol. The summed E-state index contributed by atoms with van der Waals surface area (Å²) in [5, 5.41) is 12.6. The first kappa shape index (κ1) is 16.4. The number of carbonyl (C=O) groups is 1. The van der Waals surface area contributed by atoms with Gasteiger partial charge in [0.1, 0.15) is 11.9 Å². The minimum atomic E-state index is -0.0440. The van der Waals surface area contributed by atoms with Crippen molar-refractivity contribution in [3.05, 3.63) is 16.8 Å². The second kappa shape index (κ2) is 7.41. The van der Waals surface area contributed by atoms with E-state index in [0.717, 1.165) is 57.2 Å². The molecule has 23 heavy (non-hydrogen) atoms. The van der Waals surface area contributed by atoms with Crippen molar-refractivity contribution in [2.45, 2.75) is 51.2 Å². The Balaban J connectivity index is 1.97. The number of aromatic nitrogens is 1. The first-order valence-electron chi connectivity index (χ1n) is 8.29. The predicted octanol–water partition coefficient (Wildman–Crippen LogP) is 2.72. The van der Waals surface area contributed by atoms with E-state index in [9.17, 15) is 10.1 Å². The normalized spacial score (nSPS) is 20.1. The van der Waals surface area contributed by atoms with Gasteiger partial charge in [-0.25, -0.2) is 0 Å². The highest BCUT2D eigenvalue weighted by Gasteiger charge is 2.28. The number of thioether (sulfide) groups is 1. The predicted molar refractivity (Wildman–Crippen MR) is 91.8 cm³/mol. The van der Waals surface area contributed by atoms with Crippen LogP contribution >= 0.6 is 11.8 Å². The molecule has 3 rings (SSSR count). The Kier molecular flexibility index (Phi) is 5.29. The molecule has 1 aromatic heterocycles. The summed E-state index contributed by atoms with van der Waals surface area (Å²) in [6.45, 7) is 1.55. The number of nitrogens with one attached hydrogen (secondary N) is 1. The summed E-state index contributed by atoms with van der Waals surface area (Å²) in [4.78, 5) is 12.1. The van der Waals surface area contributed by atoms with E-state index in [-0.39, 0.29) is 12.0 Å². The van der Waals surface area contributed by atoms with Crippen LogP contribution < -0.4 is 5.32 Å². The first-order valence-corrected chi connectivity index (χ1v) is 9.68. The molecule has 0 saturated carbocycles. The third-order valence-corrected chi connectivity index (χ3v) is 5.18. The third kappa shape index (κ3) is 3.41. The topological polar surface area (TPSA) is 67.0 Å². The summed E-state index contributed by atoms with van der Waals surface area (Å²) < 4.78 is 7.93. The summed E-state index contributed by atoms with van der Waals surface area (Å²) in [5.74, 6) is 1.05. The van der Waals surface area contributed by atoms with Crippen molar-refractivity contribution in [3.63, 3.8) is 0 Å². The van der Waals surface area contributed by atoms with Crippen LogP contribution in [0, 0.1) is 11.3 Å². The van der Waals surface area contributed by atoms with Crippen LogP contribution in [0.15, 0.2) is 0 Å². The van der Waals surface area contributed by atoms with Gasteiger partial charge < -0.3 is 14.6 Å². The highest BCUT2D eigenvalue weighted by molar-refractivity contribution is 7.99. The largest absolute Gasteiger partial charge is 0.376 e. The van der Waals surface area contributed by atoms with E-state index in [1.165, 1.54) is 17.5 Å². The molecule has 0 radical (unpaired) electrons. The van der Waals surface area contributed by atoms with Crippen molar-refractivity contribution in [3.8, 4) is 6.07 Å². The number of nitrogens with zero attached hydrogens (tertiary/aromatic N) is 2. The fourth-order valence-corrected chi connectivity index (χ4v) is 3.95. The summed E-state index contributed by atoms with van der Waals surface area (Å²) in [7, 11) is 0. The molecule has 0 bridgehead atoms. The van der Waals surface area contributed by atoms with Crippen LogP contribution in [0.25, 0.3) is 0 Å². The molecule has 1 fully saturated rings. The second-order valence-corrected chi connectivity index (χ2v) is 7.06. The minimum absolute atomic E-state index is 0.0440. The zero-order valence-electron chi connectivity index (χ0n) is 13.6. The standard InChI is InChI=1S/C17H23N3O2S/c1-23-11-16(21)19-17-14(9-18)13-6-2-3-7-15(13)20(17)10-12-5-4-8-22-12/h12H,2-8,10-11H2,1H3,(H,19,21). The monoisotopic (exact) mass is 333 g/mol. The molecular weight excluding hydrogens is 310 g/mol. The molecule has 2 aliphatic rings. The molecule has 1 aliphatic carbocycles. The highest BCUT2D eigenvalue weighted by Crippen LogP contribution is 2.34. The van der Waals surface area contributed by atoms with Gasteiger partial charge in [-0.15, -0.1) is 0 Å². The third-order valence-electron chi connectivity index (χ3n) is 4.63. The zero-order chi connectivity index (χ0) is 16.2. The smallest absolute Gasteiger partial charge is 0.235 e. The average Bonchev–Trinajstić information content (AvgIpc) is 3.15. The van der Waals surface area contributed by atoms with E-state index in [1.54, 1.807) is 0 Å². The van der Waals surface area contributed by atoms with E-state index < -0.39 is 0 Å². The highest BCUT2D eigenvalue weighted by atomic mass is 32.2. The lowest BCUT2D eigenvalue weighted by Gasteiger charge is -2.19. The number of ether oxygens (including phenoxy) is 1. The van der Waals surface area contributed by atoms with Crippen molar-refractivity contribution in [2.75, 3.05) is 23.9 Å². The molecule has 1 saturated heterocycles. The van der Waals surface area contributed by atoms with Crippen molar-refractivity contribution >= 4 is 23.5 Å². The Morgan fingerprint density at radius 3 is 2.96 bits per heavy atom. The van der Waals surface area contributed by atoms with Gasteiger partial charge in [0.25, 0.3) is 0 Å². The van der Waals surface area contributed by atoms with Crippen LogP contribution in [0.1, 0.15) is 42.5 Å². The Morgan fingerprint density at radius 2 is 2.26 bits per heavy atom. The molecule has 1 amide bonds. The van der Waals surface area contributed by atoms with Crippen molar-refractivity contribution in [1.29, 1.82) is 5.26 Å². The van der Waals surface area contributed by atoms with Gasteiger partial charge in [0.05, 0.1) is 24.0 Å². The van der Waals surface area contributed by atoms with Gasteiger partial charge >= 0.3 is 0 Å². The molecule has 5 nitrogen and oxygen atoms in total. The molecule has 0 spiro atoms. The molecule has 1 aromatic rings. The number of amides is 1. The lowest BCUT2D eigenvalue weighted by atomic mass is 9.95. The molecule has 1 N–H and O–H groups in total. The van der Waals surface area contributed by atoms with Gasteiger partial charge in [-0.3, -0.25) is 4.79 Å². The molecule has 1 atom stereocenters. The quantitative estimate of drug-likeness (QED) is 0.900. The van der Waals surface area contributed by atoms with Crippen LogP contribution in [0.4, 0.5) is 5.82 Å². The van der Waals surface area contributed by atoms with Crippen LogP contribution in [-0.2, 0) is 28.9 Å².